The third-order valence-electron chi connectivity index (χ3n) is 2.96. The van der Waals surface area contributed by atoms with Gasteiger partial charge in [0.2, 0.25) is 0 Å². The van der Waals surface area contributed by atoms with Gasteiger partial charge in [0, 0.05) is 0 Å². The van der Waals surface area contributed by atoms with Gasteiger partial charge in [-0.05, 0) is 40.0 Å². The van der Waals surface area contributed by atoms with E-state index >= 15 is 0 Å². The number of ether oxygens (including phenoxy) is 2. The van der Waals surface area contributed by atoms with Crippen LogP contribution in [0.15, 0.2) is 0 Å². The molecule has 0 radical (unpaired) electrons. The summed E-state index contributed by atoms with van der Waals surface area (Å²) < 4.78 is 10.4. The molecule has 1 saturated heterocycles. The maximum atomic E-state index is 11.5. The average Bonchev–Trinajstić information content (AvgIpc) is 2.15. The molecule has 1 N–H and O–H groups in total. The summed E-state index contributed by atoms with van der Waals surface area (Å²) >= 11 is 0. The Labute approximate surface area is 101 Å². The highest BCUT2D eigenvalue weighted by molar-refractivity contribution is 5.84. The first-order chi connectivity index (χ1) is 7.81. The van der Waals surface area contributed by atoms with E-state index in [0.29, 0.717) is 6.42 Å². The lowest BCUT2D eigenvalue weighted by Gasteiger charge is -2.42. The first-order valence-corrected chi connectivity index (χ1v) is 5.90. The summed E-state index contributed by atoms with van der Waals surface area (Å²) in [7, 11) is 0. The molecule has 0 amide bonds. The Hall–Kier alpha value is -1.10. The second-order valence-electron chi connectivity index (χ2n) is 5.00. The lowest BCUT2D eigenvalue weighted by atomic mass is 9.84. The molecule has 0 aromatic rings. The first-order valence-electron chi connectivity index (χ1n) is 5.90. The Morgan fingerprint density at radius 2 is 2.00 bits per heavy atom. The first kappa shape index (κ1) is 14.0. The van der Waals surface area contributed by atoms with Crippen molar-refractivity contribution < 1.29 is 24.2 Å². The second kappa shape index (κ2) is 5.04. The fraction of sp³-hybridized carbons (Fsp3) is 0.833. The Bertz CT molecular complexity index is 310. The van der Waals surface area contributed by atoms with Crippen LogP contribution in [0.4, 0.5) is 0 Å². The molecule has 1 fully saturated rings. The molecule has 0 spiro atoms. The van der Waals surface area contributed by atoms with Crippen LogP contribution in [0.3, 0.4) is 0 Å². The van der Waals surface area contributed by atoms with Gasteiger partial charge in [0.25, 0.3) is 0 Å². The quantitative estimate of drug-likeness (QED) is 0.762. The highest BCUT2D eigenvalue weighted by atomic mass is 16.6. The van der Waals surface area contributed by atoms with E-state index in [1.54, 1.807) is 6.92 Å². The molecule has 1 aliphatic heterocycles. The SMILES string of the molecule is CCOC(=O)CC1(C(=O)O)CCCC(C)(C)O1. The molecular weight excluding hydrogens is 224 g/mol. The van der Waals surface area contributed by atoms with Gasteiger partial charge in [0.1, 0.15) is 0 Å². The summed E-state index contributed by atoms with van der Waals surface area (Å²) in [5, 5.41) is 9.31. The summed E-state index contributed by atoms with van der Waals surface area (Å²) in [5.74, 6) is -1.61. The zero-order valence-corrected chi connectivity index (χ0v) is 10.6. The van der Waals surface area contributed by atoms with Gasteiger partial charge in [-0.1, -0.05) is 0 Å². The fourth-order valence-electron chi connectivity index (χ4n) is 2.23. The zero-order valence-electron chi connectivity index (χ0n) is 10.6. The molecule has 0 aromatic heterocycles. The van der Waals surface area contributed by atoms with Crippen LogP contribution in [0, 0.1) is 0 Å². The highest BCUT2D eigenvalue weighted by Gasteiger charge is 2.48. The van der Waals surface area contributed by atoms with E-state index in [1.165, 1.54) is 0 Å². The number of esters is 1. The van der Waals surface area contributed by atoms with Crippen molar-refractivity contribution in [2.75, 3.05) is 6.61 Å². The normalized spacial score (nSPS) is 27.5. The molecule has 98 valence electrons. The van der Waals surface area contributed by atoms with Crippen molar-refractivity contribution in [1.82, 2.24) is 0 Å². The molecule has 1 atom stereocenters. The Morgan fingerprint density at radius 1 is 1.35 bits per heavy atom. The maximum absolute atomic E-state index is 11.5. The molecule has 1 rings (SSSR count). The minimum Gasteiger partial charge on any atom is -0.479 e. The van der Waals surface area contributed by atoms with Crippen LogP contribution in [-0.4, -0.2) is 34.9 Å². The summed E-state index contributed by atoms with van der Waals surface area (Å²) in [6.07, 6.45) is 1.66. The molecular formula is C12H20O5. The van der Waals surface area contributed by atoms with E-state index in [2.05, 4.69) is 0 Å². The van der Waals surface area contributed by atoms with Gasteiger partial charge in [-0.15, -0.1) is 0 Å². The van der Waals surface area contributed by atoms with Gasteiger partial charge in [-0.3, -0.25) is 4.79 Å². The van der Waals surface area contributed by atoms with Crippen LogP contribution in [0.5, 0.6) is 0 Å². The largest absolute Gasteiger partial charge is 0.479 e. The van der Waals surface area contributed by atoms with E-state index in [9.17, 15) is 14.7 Å². The van der Waals surface area contributed by atoms with Crippen LogP contribution in [0.2, 0.25) is 0 Å². The van der Waals surface area contributed by atoms with E-state index < -0.39 is 23.1 Å². The number of aliphatic carboxylic acids is 1. The molecule has 17 heavy (non-hydrogen) atoms. The van der Waals surface area contributed by atoms with Crippen LogP contribution in [0.25, 0.3) is 0 Å². The van der Waals surface area contributed by atoms with Crippen molar-refractivity contribution in [3.63, 3.8) is 0 Å². The summed E-state index contributed by atoms with van der Waals surface area (Å²) in [5.41, 5.74) is -1.93. The van der Waals surface area contributed by atoms with Crippen molar-refractivity contribution in [3.8, 4) is 0 Å². The smallest absolute Gasteiger partial charge is 0.336 e. The molecule has 5 nitrogen and oxygen atoms in total. The van der Waals surface area contributed by atoms with Crippen LogP contribution >= 0.6 is 0 Å². The van der Waals surface area contributed by atoms with Gasteiger partial charge in [0.05, 0.1) is 18.6 Å². The van der Waals surface area contributed by atoms with Crippen LogP contribution in [0.1, 0.15) is 46.5 Å². The van der Waals surface area contributed by atoms with E-state index in [1.807, 2.05) is 13.8 Å². The van der Waals surface area contributed by atoms with E-state index in [0.717, 1.165) is 12.8 Å². The topological polar surface area (TPSA) is 72.8 Å². The predicted molar refractivity (Wildman–Crippen MR) is 60.6 cm³/mol. The number of carboxylic acids is 1. The van der Waals surface area contributed by atoms with Gasteiger partial charge in [-0.25, -0.2) is 4.79 Å². The van der Waals surface area contributed by atoms with Crippen molar-refractivity contribution in [1.29, 1.82) is 0 Å². The van der Waals surface area contributed by atoms with Crippen molar-refractivity contribution >= 4 is 11.9 Å². The number of carbonyl (C=O) groups is 2. The maximum Gasteiger partial charge on any atom is 0.336 e. The van der Waals surface area contributed by atoms with Crippen LogP contribution < -0.4 is 0 Å². The van der Waals surface area contributed by atoms with Gasteiger partial charge in [0.15, 0.2) is 5.60 Å². The van der Waals surface area contributed by atoms with E-state index in [-0.39, 0.29) is 13.0 Å². The molecule has 0 bridgehead atoms. The van der Waals surface area contributed by atoms with E-state index in [4.69, 9.17) is 9.47 Å². The molecule has 1 aliphatic rings. The number of hydrogen-bond donors (Lipinski definition) is 1. The Morgan fingerprint density at radius 3 is 2.47 bits per heavy atom. The lowest BCUT2D eigenvalue weighted by Crippen LogP contribution is -2.52. The third-order valence-corrected chi connectivity index (χ3v) is 2.96. The summed E-state index contributed by atoms with van der Waals surface area (Å²) in [6, 6.07) is 0. The molecule has 0 aromatic carbocycles. The zero-order chi connectivity index (χ0) is 13.1. The summed E-state index contributed by atoms with van der Waals surface area (Å²) in [6.45, 7) is 5.62. The lowest BCUT2D eigenvalue weighted by molar-refractivity contribution is -0.208. The minimum absolute atomic E-state index is 0.223. The monoisotopic (exact) mass is 244 g/mol. The standard InChI is InChI=1S/C12H20O5/c1-4-16-9(13)8-12(10(14)15)7-5-6-11(2,3)17-12/h4-8H2,1-3H3,(H,14,15). The summed E-state index contributed by atoms with van der Waals surface area (Å²) in [4.78, 5) is 22.8. The molecule has 0 saturated carbocycles. The van der Waals surface area contributed by atoms with Crippen molar-refractivity contribution in [2.24, 2.45) is 0 Å². The van der Waals surface area contributed by atoms with Gasteiger partial charge < -0.3 is 14.6 Å². The van der Waals surface area contributed by atoms with Crippen molar-refractivity contribution in [3.05, 3.63) is 0 Å². The number of hydrogen-bond acceptors (Lipinski definition) is 4. The Kier molecular flexibility index (Phi) is 4.14. The third kappa shape index (κ3) is 3.43. The minimum atomic E-state index is -1.42. The van der Waals surface area contributed by atoms with Crippen LogP contribution in [-0.2, 0) is 19.1 Å². The molecule has 5 heteroatoms. The van der Waals surface area contributed by atoms with Gasteiger partial charge >= 0.3 is 11.9 Å². The van der Waals surface area contributed by atoms with Crippen molar-refractivity contribution in [2.45, 2.75) is 57.7 Å². The Balaban J connectivity index is 2.82. The highest BCUT2D eigenvalue weighted by Crippen LogP contribution is 2.37. The molecule has 1 heterocycles. The second-order valence-corrected chi connectivity index (χ2v) is 5.00. The number of carboxylic acid groups (broad SMARTS) is 1. The predicted octanol–water partition coefficient (Wildman–Crippen LogP) is 1.74. The number of carbonyl (C=O) groups excluding carboxylic acids is 1. The molecule has 0 aliphatic carbocycles. The number of rotatable bonds is 4. The fourth-order valence-corrected chi connectivity index (χ4v) is 2.23. The van der Waals surface area contributed by atoms with Gasteiger partial charge in [-0.2, -0.15) is 0 Å². The molecule has 1 unspecified atom stereocenters. The average molecular weight is 244 g/mol.